The zero-order valence-electron chi connectivity index (χ0n) is 82.9. The summed E-state index contributed by atoms with van der Waals surface area (Å²) in [6, 6.07) is 54.6. The fourth-order valence-corrected chi connectivity index (χ4v) is 15.8. The van der Waals surface area contributed by atoms with E-state index in [1.54, 1.807) is 45.0 Å². The molecule has 3 N–H and O–H groups in total. The maximum absolute atomic E-state index is 13.7. The summed E-state index contributed by atoms with van der Waals surface area (Å²) < 4.78 is 81.9. The maximum atomic E-state index is 13.7. The van der Waals surface area contributed by atoms with E-state index in [1.807, 2.05) is 103 Å². The van der Waals surface area contributed by atoms with Crippen molar-refractivity contribution in [3.05, 3.63) is 220 Å². The Balaban J connectivity index is 1.00. The predicted molar refractivity (Wildman–Crippen MR) is 539 cm³/mol. The van der Waals surface area contributed by atoms with E-state index in [0.29, 0.717) is 85.5 Å². The minimum absolute atomic E-state index is 0.00179. The molecule has 0 spiro atoms. The van der Waals surface area contributed by atoms with Gasteiger partial charge >= 0.3 is 12.1 Å². The number of benzene rings is 8. The fourth-order valence-electron chi connectivity index (χ4n) is 15.8. The van der Waals surface area contributed by atoms with Crippen LogP contribution in [0.1, 0.15) is 350 Å². The van der Waals surface area contributed by atoms with Crippen molar-refractivity contribution in [2.24, 2.45) is 0 Å². The first-order chi connectivity index (χ1) is 65.6. The van der Waals surface area contributed by atoms with Crippen LogP contribution in [0.5, 0.6) is 63.2 Å². The summed E-state index contributed by atoms with van der Waals surface area (Å²) in [7, 11) is 1.16. The summed E-state index contributed by atoms with van der Waals surface area (Å²) in [5.74, 6) is 5.60. The number of methoxy groups -OCH3 is 1. The molecule has 0 aliphatic heterocycles. The van der Waals surface area contributed by atoms with E-state index in [9.17, 15) is 19.5 Å². The molecule has 0 saturated heterocycles. The van der Waals surface area contributed by atoms with Crippen molar-refractivity contribution in [3.63, 3.8) is 0 Å². The molecule has 0 radical (unpaired) electrons. The Hall–Kier alpha value is -10.3. The van der Waals surface area contributed by atoms with Gasteiger partial charge in [-0.25, -0.2) is 9.59 Å². The third-order valence-corrected chi connectivity index (χ3v) is 23.9. The van der Waals surface area contributed by atoms with Gasteiger partial charge in [0.2, 0.25) is 5.91 Å². The standard InChI is InChI=1S/C115H164N2O17/c1-9-13-17-21-25-29-33-37-41-45-73-123-99-63-51-92(52-64-99)84-130-108-71-59-96(80-110(108)132-86-94-55-67-101(68-56-94)125-75-47-43-39-35-31-27-23-19-15-11-3)88-128-104-77-98(90-127-103-61-49-91(50-62-103)79-106(117-114(121)134-115(5,6)7)112(119)116-107(83-118)113(120)122-8)78-105(82-104)129-89-97-60-72-109(131-85-93-53-65-100(66-54-93)124-74-46-42-38-34-30-26-22-18-14-10-2)111(81-97)133-87-95-57-69-102(70-58-95)126-76-48-44-40-36-32-28-24-20-16-12-4/h49-72,77-78,80-82,106-107,118H,9-48,73-76,79,83-90H2,1-8H3,(H,116,119)(H,117,121). The fraction of sp³-hybridized carbons (Fsp3) is 0.557. The predicted octanol–water partition coefficient (Wildman–Crippen LogP) is 29.0. The van der Waals surface area contributed by atoms with Crippen molar-refractivity contribution in [1.82, 2.24) is 10.6 Å². The number of unbranched alkanes of at least 4 members (excludes halogenated alkanes) is 36. The van der Waals surface area contributed by atoms with E-state index < -0.39 is 42.3 Å². The molecule has 2 unspecified atom stereocenters. The number of nitrogens with one attached hydrogen (secondary N) is 2. The topological polar surface area (TPSA) is 215 Å². The number of ether oxygens (including phenoxy) is 13. The lowest BCUT2D eigenvalue weighted by Crippen LogP contribution is -2.54. The van der Waals surface area contributed by atoms with Gasteiger partial charge in [0.25, 0.3) is 0 Å². The first-order valence-electron chi connectivity index (χ1n) is 51.3. The van der Waals surface area contributed by atoms with Gasteiger partial charge in [0, 0.05) is 12.5 Å². The molecule has 0 aromatic heterocycles. The molecule has 0 fully saturated rings. The van der Waals surface area contributed by atoms with Crippen molar-refractivity contribution in [3.8, 4) is 63.2 Å². The van der Waals surface area contributed by atoms with Gasteiger partial charge in [-0.3, -0.25) is 4.79 Å². The summed E-state index contributed by atoms with van der Waals surface area (Å²) in [4.78, 5) is 39.3. The van der Waals surface area contributed by atoms with Gasteiger partial charge in [-0.05, 0) is 188 Å². The molecule has 0 saturated carbocycles. The van der Waals surface area contributed by atoms with Crippen LogP contribution in [-0.2, 0) is 71.7 Å². The van der Waals surface area contributed by atoms with Crippen molar-refractivity contribution >= 4 is 18.0 Å². The second-order valence-electron chi connectivity index (χ2n) is 36.9. The molecular formula is C115H164N2O17. The van der Waals surface area contributed by atoms with Crippen LogP contribution in [0.3, 0.4) is 0 Å². The second kappa shape index (κ2) is 67.0. The average Bonchev–Trinajstić information content (AvgIpc) is 0.840. The normalized spacial score (nSPS) is 11.7. The molecule has 19 nitrogen and oxygen atoms in total. The highest BCUT2D eigenvalue weighted by Crippen LogP contribution is 2.36. The van der Waals surface area contributed by atoms with Crippen molar-refractivity contribution in [2.45, 2.75) is 376 Å². The van der Waals surface area contributed by atoms with E-state index in [-0.39, 0.29) is 39.5 Å². The highest BCUT2D eigenvalue weighted by Gasteiger charge is 2.30. The van der Waals surface area contributed by atoms with E-state index in [4.69, 9.17) is 61.6 Å². The van der Waals surface area contributed by atoms with E-state index >= 15 is 0 Å². The molecule has 0 aliphatic carbocycles. The number of hydrogen-bond donors (Lipinski definition) is 3. The summed E-state index contributed by atoms with van der Waals surface area (Å²) in [6.07, 6.45) is 50.1. The maximum Gasteiger partial charge on any atom is 0.408 e. The Morgan fingerprint density at radius 3 is 0.828 bits per heavy atom. The lowest BCUT2D eigenvalue weighted by molar-refractivity contribution is -0.146. The zero-order valence-corrected chi connectivity index (χ0v) is 82.9. The first-order valence-corrected chi connectivity index (χ1v) is 51.3. The number of hydrogen-bond acceptors (Lipinski definition) is 17. The van der Waals surface area contributed by atoms with Crippen LogP contribution >= 0.6 is 0 Å². The minimum Gasteiger partial charge on any atom is -0.494 e. The molecule has 19 heteroatoms. The molecule has 0 aliphatic rings. The van der Waals surface area contributed by atoms with Gasteiger partial charge in [-0.1, -0.05) is 332 Å². The summed E-state index contributed by atoms with van der Waals surface area (Å²) in [6.45, 7) is 17.8. The van der Waals surface area contributed by atoms with Gasteiger partial charge < -0.3 is 77.3 Å². The largest absolute Gasteiger partial charge is 0.494 e. The van der Waals surface area contributed by atoms with E-state index in [0.717, 1.165) is 94.7 Å². The quantitative estimate of drug-likeness (QED) is 0.0239. The number of alkyl carbamates (subject to hydrolysis) is 1. The van der Waals surface area contributed by atoms with Crippen LogP contribution in [0.4, 0.5) is 4.79 Å². The van der Waals surface area contributed by atoms with Crippen molar-refractivity contribution < 1.29 is 81.1 Å². The molecule has 8 rings (SSSR count). The Morgan fingerprint density at radius 2 is 0.530 bits per heavy atom. The van der Waals surface area contributed by atoms with Crippen molar-refractivity contribution in [1.29, 1.82) is 0 Å². The lowest BCUT2D eigenvalue weighted by Gasteiger charge is -2.24. The Kier molecular flexibility index (Phi) is 54.5. The Morgan fingerprint density at radius 1 is 0.269 bits per heavy atom. The number of amides is 2. The van der Waals surface area contributed by atoms with Crippen LogP contribution in [0, 0.1) is 0 Å². The van der Waals surface area contributed by atoms with E-state index in [1.165, 1.54) is 231 Å². The molecule has 2 atom stereocenters. The van der Waals surface area contributed by atoms with Gasteiger partial charge in [-0.15, -0.1) is 0 Å². The number of carbonyl (C=O) groups excluding carboxylic acids is 3. The lowest BCUT2D eigenvalue weighted by atomic mass is 10.0. The Labute approximate surface area is 804 Å². The Bertz CT molecular complexity index is 4200. The SMILES string of the molecule is CCCCCCCCCCCCOc1ccc(COc2ccc(COc3cc(COc4ccc(CC(NC(=O)OC(C)(C)C)C(=O)NC(CO)C(=O)OC)cc4)cc(OCc4ccc(OCc5ccc(OCCCCCCCCCCCC)cc5)c(OCc5ccc(OCCCCCCCCCCCC)cc5)c4)c3)cc2OCc2ccc(OCCCCCCCCCCCC)cc2)cc1. The van der Waals surface area contributed by atoms with Gasteiger partial charge in [0.15, 0.2) is 29.0 Å². The van der Waals surface area contributed by atoms with Gasteiger partial charge in [-0.2, -0.15) is 0 Å². The van der Waals surface area contributed by atoms with Crippen LogP contribution in [0.25, 0.3) is 0 Å². The summed E-state index contributed by atoms with van der Waals surface area (Å²) in [5, 5.41) is 15.1. The van der Waals surface area contributed by atoms with E-state index in [2.05, 4.69) is 86.9 Å². The summed E-state index contributed by atoms with van der Waals surface area (Å²) >= 11 is 0. The number of carbonyl (C=O) groups is 3. The second-order valence-corrected chi connectivity index (χ2v) is 36.9. The molecule has 0 bridgehead atoms. The number of aliphatic hydroxyl groups is 1. The van der Waals surface area contributed by atoms with Crippen LogP contribution in [0.15, 0.2) is 176 Å². The number of esters is 1. The van der Waals surface area contributed by atoms with Gasteiger partial charge in [0.05, 0.1) is 40.1 Å². The van der Waals surface area contributed by atoms with Crippen LogP contribution < -0.4 is 62.7 Å². The molecule has 736 valence electrons. The average molecular weight is 1850 g/mol. The molecule has 2 amide bonds. The number of aliphatic hydroxyl groups excluding tert-OH is 1. The molecule has 134 heavy (non-hydrogen) atoms. The molecule has 8 aromatic rings. The minimum atomic E-state index is -1.36. The van der Waals surface area contributed by atoms with Gasteiger partial charge in [0.1, 0.15) is 98.1 Å². The molecule has 8 aromatic carbocycles. The molecular weight excluding hydrogens is 1680 g/mol. The van der Waals surface area contributed by atoms with Crippen LogP contribution in [0.2, 0.25) is 0 Å². The monoisotopic (exact) mass is 1850 g/mol. The highest BCUT2D eigenvalue weighted by molar-refractivity contribution is 5.90. The smallest absolute Gasteiger partial charge is 0.408 e. The third kappa shape index (κ3) is 47.3. The molecule has 0 heterocycles. The zero-order chi connectivity index (χ0) is 94.9. The van der Waals surface area contributed by atoms with Crippen molar-refractivity contribution in [2.75, 3.05) is 40.1 Å². The summed E-state index contributed by atoms with van der Waals surface area (Å²) in [5.41, 5.74) is 6.10. The number of rotatable bonds is 76. The first kappa shape index (κ1) is 109. The van der Waals surface area contributed by atoms with Crippen LogP contribution in [-0.4, -0.2) is 80.9 Å². The highest BCUT2D eigenvalue weighted by atomic mass is 16.6. The third-order valence-electron chi connectivity index (χ3n) is 23.9.